The minimum Gasteiger partial charge on any atom is -0.396 e. The molecule has 0 saturated carbocycles. The van der Waals surface area contributed by atoms with E-state index in [0.717, 1.165) is 12.8 Å². The molecule has 112 valence electrons. The van der Waals surface area contributed by atoms with Gasteiger partial charge in [-0.3, -0.25) is 0 Å². The molecule has 0 aromatic carbocycles. The highest BCUT2D eigenvalue weighted by molar-refractivity contribution is 5.74. The summed E-state index contributed by atoms with van der Waals surface area (Å²) >= 11 is 0. The molecule has 3 atom stereocenters. The number of hydrogen-bond acceptors (Lipinski definition) is 3. The first-order chi connectivity index (χ1) is 9.12. The Bertz CT molecular complexity index is 261. The fraction of sp³-hybridized carbons (Fsp3) is 0.929. The Morgan fingerprint density at radius 2 is 1.84 bits per heavy atom. The maximum absolute atomic E-state index is 12.1. The molecule has 1 heterocycles. The number of aliphatic hydroxyl groups is 2. The Morgan fingerprint density at radius 1 is 1.26 bits per heavy atom. The first kappa shape index (κ1) is 16.2. The van der Waals surface area contributed by atoms with Crippen molar-refractivity contribution in [3.8, 4) is 0 Å². The van der Waals surface area contributed by atoms with Gasteiger partial charge in [0.15, 0.2) is 0 Å². The van der Waals surface area contributed by atoms with E-state index >= 15 is 0 Å². The highest BCUT2D eigenvalue weighted by atomic mass is 16.3. The van der Waals surface area contributed by atoms with Gasteiger partial charge in [-0.1, -0.05) is 26.2 Å². The zero-order chi connectivity index (χ0) is 14.3. The number of rotatable bonds is 7. The predicted octanol–water partition coefficient (Wildman–Crippen LogP) is 1.20. The van der Waals surface area contributed by atoms with Gasteiger partial charge >= 0.3 is 6.03 Å². The van der Waals surface area contributed by atoms with Crippen LogP contribution in [0.5, 0.6) is 0 Å². The molecule has 5 heteroatoms. The summed E-state index contributed by atoms with van der Waals surface area (Å²) in [6.45, 7) is 5.32. The van der Waals surface area contributed by atoms with Crippen LogP contribution in [0.25, 0.3) is 0 Å². The van der Waals surface area contributed by atoms with Gasteiger partial charge in [-0.2, -0.15) is 0 Å². The number of unbranched alkanes of at least 4 members (excludes halogenated alkanes) is 2. The molecular weight excluding hydrogens is 244 g/mol. The number of carbonyl (C=O) groups excluding carboxylic acids is 1. The molecule has 0 spiro atoms. The number of hydrogen-bond donors (Lipinski definition) is 3. The number of nitrogens with zero attached hydrogens (tertiary/aromatic N) is 1. The van der Waals surface area contributed by atoms with Crippen LogP contribution in [-0.2, 0) is 0 Å². The zero-order valence-corrected chi connectivity index (χ0v) is 12.1. The molecule has 3 N–H and O–H groups in total. The fourth-order valence-electron chi connectivity index (χ4n) is 2.59. The smallest absolute Gasteiger partial charge is 0.317 e. The molecule has 1 rings (SSSR count). The van der Waals surface area contributed by atoms with Gasteiger partial charge in [-0.25, -0.2) is 4.79 Å². The maximum Gasteiger partial charge on any atom is 0.317 e. The molecule has 1 saturated heterocycles. The third-order valence-corrected chi connectivity index (χ3v) is 3.94. The van der Waals surface area contributed by atoms with Crippen LogP contribution in [-0.4, -0.2) is 53.5 Å². The largest absolute Gasteiger partial charge is 0.396 e. The van der Waals surface area contributed by atoms with E-state index in [4.69, 9.17) is 0 Å². The quantitative estimate of drug-likeness (QED) is 0.610. The topological polar surface area (TPSA) is 72.8 Å². The first-order valence-electron chi connectivity index (χ1n) is 7.39. The van der Waals surface area contributed by atoms with Gasteiger partial charge in [0, 0.05) is 44.2 Å². The number of aliphatic hydroxyl groups excluding tert-OH is 2. The Morgan fingerprint density at radius 3 is 2.32 bits per heavy atom. The average molecular weight is 272 g/mol. The van der Waals surface area contributed by atoms with Crippen molar-refractivity contribution < 1.29 is 15.0 Å². The van der Waals surface area contributed by atoms with Crippen molar-refractivity contribution >= 4 is 6.03 Å². The van der Waals surface area contributed by atoms with Crippen LogP contribution in [0.3, 0.4) is 0 Å². The van der Waals surface area contributed by atoms with Crippen molar-refractivity contribution in [2.45, 2.75) is 45.6 Å². The highest BCUT2D eigenvalue weighted by Gasteiger charge is 2.34. The fourth-order valence-corrected chi connectivity index (χ4v) is 2.59. The van der Waals surface area contributed by atoms with Gasteiger partial charge in [0.1, 0.15) is 0 Å². The molecular formula is C14H28N2O3. The van der Waals surface area contributed by atoms with Crippen molar-refractivity contribution in [1.82, 2.24) is 10.2 Å². The summed E-state index contributed by atoms with van der Waals surface area (Å²) in [5, 5.41) is 21.4. The second-order valence-corrected chi connectivity index (χ2v) is 5.64. The Labute approximate surface area is 116 Å². The predicted molar refractivity (Wildman–Crippen MR) is 74.9 cm³/mol. The summed E-state index contributed by atoms with van der Waals surface area (Å²) in [7, 11) is 0. The molecule has 1 unspecified atom stereocenters. The molecule has 19 heavy (non-hydrogen) atoms. The van der Waals surface area contributed by atoms with Crippen LogP contribution in [0.2, 0.25) is 0 Å². The molecule has 1 aliphatic heterocycles. The van der Waals surface area contributed by atoms with E-state index in [2.05, 4.69) is 12.2 Å². The lowest BCUT2D eigenvalue weighted by molar-refractivity contribution is 0.152. The molecule has 2 amide bonds. The van der Waals surface area contributed by atoms with E-state index in [1.807, 2.05) is 6.92 Å². The number of urea groups is 1. The number of likely N-dealkylation sites (tertiary alicyclic amines) is 1. The first-order valence-corrected chi connectivity index (χ1v) is 7.39. The molecule has 5 nitrogen and oxygen atoms in total. The van der Waals surface area contributed by atoms with Gasteiger partial charge in [0.2, 0.25) is 0 Å². The Kier molecular flexibility index (Phi) is 7.16. The molecule has 0 aromatic rings. The second kappa shape index (κ2) is 8.38. The van der Waals surface area contributed by atoms with Gasteiger partial charge < -0.3 is 20.4 Å². The number of nitrogens with one attached hydrogen (secondary N) is 1. The van der Waals surface area contributed by atoms with Crippen LogP contribution in [0.1, 0.15) is 39.5 Å². The van der Waals surface area contributed by atoms with E-state index in [-0.39, 0.29) is 37.1 Å². The van der Waals surface area contributed by atoms with E-state index in [0.29, 0.717) is 13.1 Å². The van der Waals surface area contributed by atoms with Crippen molar-refractivity contribution in [3.05, 3.63) is 0 Å². The lowest BCUT2D eigenvalue weighted by Crippen LogP contribution is -2.43. The van der Waals surface area contributed by atoms with Crippen molar-refractivity contribution in [3.63, 3.8) is 0 Å². The minimum absolute atomic E-state index is 0.00569. The summed E-state index contributed by atoms with van der Waals surface area (Å²) in [6.07, 6.45) is 4.52. The monoisotopic (exact) mass is 272 g/mol. The molecule has 0 radical (unpaired) electrons. The zero-order valence-electron chi connectivity index (χ0n) is 12.1. The Hall–Kier alpha value is -0.810. The van der Waals surface area contributed by atoms with E-state index in [1.165, 1.54) is 12.8 Å². The van der Waals surface area contributed by atoms with Gasteiger partial charge in [0.05, 0.1) is 0 Å². The van der Waals surface area contributed by atoms with Crippen LogP contribution < -0.4 is 5.32 Å². The van der Waals surface area contributed by atoms with E-state index in [1.54, 1.807) is 4.90 Å². The van der Waals surface area contributed by atoms with Crippen LogP contribution in [0.4, 0.5) is 4.79 Å². The SMILES string of the molecule is CCCCCC(C)NC(=O)N1C[C@@H](CO)[C@@H](CO)C1. The van der Waals surface area contributed by atoms with Gasteiger partial charge in [0.25, 0.3) is 0 Å². The van der Waals surface area contributed by atoms with Crippen LogP contribution in [0.15, 0.2) is 0 Å². The summed E-state index contributed by atoms with van der Waals surface area (Å²) in [4.78, 5) is 13.8. The standard InChI is InChI=1S/C14H28N2O3/c1-3-4-5-6-11(2)15-14(19)16-7-12(9-17)13(8-16)10-18/h11-13,17-18H,3-10H2,1-2H3,(H,15,19)/t11?,12-,13+. The molecule has 0 aliphatic carbocycles. The third-order valence-electron chi connectivity index (χ3n) is 3.94. The molecule has 1 fully saturated rings. The van der Waals surface area contributed by atoms with Crippen molar-refractivity contribution in [1.29, 1.82) is 0 Å². The van der Waals surface area contributed by atoms with Crippen LogP contribution in [0, 0.1) is 11.8 Å². The van der Waals surface area contributed by atoms with E-state index < -0.39 is 0 Å². The van der Waals surface area contributed by atoms with Gasteiger partial charge in [-0.05, 0) is 13.3 Å². The molecule has 0 aromatic heterocycles. The highest BCUT2D eigenvalue weighted by Crippen LogP contribution is 2.22. The minimum atomic E-state index is -0.0709. The summed E-state index contributed by atoms with van der Waals surface area (Å²) in [5.74, 6) is 0.0114. The molecule has 1 aliphatic rings. The van der Waals surface area contributed by atoms with Crippen molar-refractivity contribution in [2.75, 3.05) is 26.3 Å². The second-order valence-electron chi connectivity index (χ2n) is 5.64. The summed E-state index contributed by atoms with van der Waals surface area (Å²) in [5.41, 5.74) is 0. The normalized spacial score (nSPS) is 24.5. The van der Waals surface area contributed by atoms with Crippen molar-refractivity contribution in [2.24, 2.45) is 11.8 Å². The van der Waals surface area contributed by atoms with E-state index in [9.17, 15) is 15.0 Å². The number of carbonyl (C=O) groups is 1. The molecule has 0 bridgehead atoms. The maximum atomic E-state index is 12.1. The van der Waals surface area contributed by atoms with Gasteiger partial charge in [-0.15, -0.1) is 0 Å². The van der Waals surface area contributed by atoms with Crippen LogP contribution >= 0.6 is 0 Å². The summed E-state index contributed by atoms with van der Waals surface area (Å²) < 4.78 is 0. The average Bonchev–Trinajstić information content (AvgIpc) is 2.82. The lowest BCUT2D eigenvalue weighted by Gasteiger charge is -2.21. The third kappa shape index (κ3) is 4.99. The number of amides is 2. The summed E-state index contributed by atoms with van der Waals surface area (Å²) in [6, 6.07) is 0.109. The Balaban J connectivity index is 2.33. The lowest BCUT2D eigenvalue weighted by atomic mass is 9.98.